The summed E-state index contributed by atoms with van der Waals surface area (Å²) >= 11 is 0. The molecule has 1 aliphatic rings. The number of imide groups is 1. The summed E-state index contributed by atoms with van der Waals surface area (Å²) in [6.07, 6.45) is 0.801. The minimum atomic E-state index is -2.85. The van der Waals surface area contributed by atoms with Crippen LogP contribution in [-0.2, 0) is 16.1 Å². The van der Waals surface area contributed by atoms with Gasteiger partial charge in [0.2, 0.25) is 11.8 Å². The molecule has 1 fully saturated rings. The van der Waals surface area contributed by atoms with Gasteiger partial charge in [0.05, 0.1) is 6.04 Å². The van der Waals surface area contributed by atoms with Crippen LogP contribution in [0, 0.1) is 0 Å². The third-order valence-corrected chi connectivity index (χ3v) is 3.35. The lowest BCUT2D eigenvalue weighted by Crippen LogP contribution is -2.51. The van der Waals surface area contributed by atoms with Crippen LogP contribution in [0.5, 0.6) is 5.75 Å². The number of carbonyl (C=O) groups excluding carboxylic acids is 2. The Kier molecular flexibility index (Phi) is 4.85. The molecule has 0 radical (unpaired) electrons. The van der Waals surface area contributed by atoms with Gasteiger partial charge in [-0.05, 0) is 24.1 Å². The summed E-state index contributed by atoms with van der Waals surface area (Å²) in [6, 6.07) is 5.78. The molecule has 1 unspecified atom stereocenters. The fraction of sp³-hybridized carbons (Fsp3) is 0.429. The summed E-state index contributed by atoms with van der Waals surface area (Å²) in [5, 5.41) is 3.07. The number of alkyl halides is 2. The highest BCUT2D eigenvalue weighted by molar-refractivity contribution is 6.00. The van der Waals surface area contributed by atoms with Gasteiger partial charge in [-0.1, -0.05) is 12.1 Å². The molecule has 21 heavy (non-hydrogen) atoms. The highest BCUT2D eigenvalue weighted by Crippen LogP contribution is 2.16. The Morgan fingerprint density at radius 2 is 2.00 bits per heavy atom. The number of likely N-dealkylation sites (N-methyl/N-ethyl adjacent to an activating group) is 1. The Morgan fingerprint density at radius 3 is 2.62 bits per heavy atom. The Balaban J connectivity index is 1.88. The first-order valence-corrected chi connectivity index (χ1v) is 6.55. The van der Waals surface area contributed by atoms with E-state index < -0.39 is 12.7 Å². The van der Waals surface area contributed by atoms with Gasteiger partial charge in [-0.2, -0.15) is 8.78 Å². The molecule has 0 bridgehead atoms. The van der Waals surface area contributed by atoms with E-state index >= 15 is 0 Å². The van der Waals surface area contributed by atoms with Crippen molar-refractivity contribution in [3.05, 3.63) is 29.8 Å². The zero-order valence-electron chi connectivity index (χ0n) is 11.5. The van der Waals surface area contributed by atoms with Crippen molar-refractivity contribution in [1.82, 2.24) is 10.2 Å². The van der Waals surface area contributed by atoms with Gasteiger partial charge < -0.3 is 10.1 Å². The van der Waals surface area contributed by atoms with Crippen molar-refractivity contribution in [2.24, 2.45) is 0 Å². The van der Waals surface area contributed by atoms with E-state index in [0.29, 0.717) is 19.4 Å². The summed E-state index contributed by atoms with van der Waals surface area (Å²) in [4.78, 5) is 24.3. The molecule has 1 heterocycles. The lowest BCUT2D eigenvalue weighted by molar-refractivity contribution is -0.148. The van der Waals surface area contributed by atoms with Crippen molar-refractivity contribution in [2.75, 3.05) is 7.05 Å². The van der Waals surface area contributed by atoms with Gasteiger partial charge in [0.15, 0.2) is 0 Å². The average Bonchev–Trinajstić information content (AvgIpc) is 2.45. The highest BCUT2D eigenvalue weighted by Gasteiger charge is 2.31. The molecule has 7 heteroatoms. The fourth-order valence-electron chi connectivity index (χ4n) is 2.13. The number of nitrogens with one attached hydrogen (secondary N) is 1. The smallest absolute Gasteiger partial charge is 0.387 e. The molecule has 0 spiro atoms. The maximum atomic E-state index is 12.0. The van der Waals surface area contributed by atoms with E-state index in [1.807, 2.05) is 0 Å². The van der Waals surface area contributed by atoms with Crippen LogP contribution < -0.4 is 10.1 Å². The number of amides is 2. The van der Waals surface area contributed by atoms with Crippen molar-refractivity contribution in [3.63, 3.8) is 0 Å². The largest absolute Gasteiger partial charge is 0.435 e. The first-order valence-electron chi connectivity index (χ1n) is 6.55. The molecule has 2 amide bonds. The second kappa shape index (κ2) is 6.62. The minimum Gasteiger partial charge on any atom is -0.435 e. The topological polar surface area (TPSA) is 58.6 Å². The number of ether oxygens (including phenoxy) is 1. The zero-order chi connectivity index (χ0) is 15.4. The van der Waals surface area contributed by atoms with Crippen molar-refractivity contribution in [1.29, 1.82) is 0 Å². The number of benzene rings is 1. The standard InChI is InChI=1S/C14H16F2N2O3/c1-18-12(19)7-6-11(13(18)20)17-8-9-2-4-10(5-3-9)21-14(15)16/h2-5,11,14,17H,6-8H2,1H3. The summed E-state index contributed by atoms with van der Waals surface area (Å²) in [6.45, 7) is -2.44. The molecule has 0 aliphatic carbocycles. The molecule has 1 N–H and O–H groups in total. The van der Waals surface area contributed by atoms with Gasteiger partial charge in [-0.3, -0.25) is 14.5 Å². The predicted octanol–water partition coefficient (Wildman–Crippen LogP) is 1.52. The third-order valence-electron chi connectivity index (χ3n) is 3.35. The minimum absolute atomic E-state index is 0.0906. The number of likely N-dealkylation sites (tertiary alicyclic amines) is 1. The van der Waals surface area contributed by atoms with Crippen molar-refractivity contribution in [2.45, 2.75) is 32.0 Å². The second-order valence-electron chi connectivity index (χ2n) is 4.79. The number of nitrogens with zero attached hydrogens (tertiary/aromatic N) is 1. The Bertz CT molecular complexity index is 519. The Morgan fingerprint density at radius 1 is 1.33 bits per heavy atom. The number of carbonyl (C=O) groups is 2. The van der Waals surface area contributed by atoms with Gasteiger partial charge in [0.25, 0.3) is 0 Å². The number of hydrogen-bond donors (Lipinski definition) is 1. The molecule has 1 atom stereocenters. The van der Waals surface area contributed by atoms with Gasteiger partial charge in [0, 0.05) is 20.0 Å². The van der Waals surface area contributed by atoms with E-state index in [9.17, 15) is 18.4 Å². The molecule has 0 aromatic heterocycles. The van der Waals surface area contributed by atoms with Gasteiger partial charge in [0.1, 0.15) is 5.75 Å². The van der Waals surface area contributed by atoms with E-state index in [1.165, 1.54) is 19.2 Å². The molecule has 1 saturated heterocycles. The van der Waals surface area contributed by atoms with Crippen LogP contribution >= 0.6 is 0 Å². The molecule has 2 rings (SSSR count). The van der Waals surface area contributed by atoms with Gasteiger partial charge >= 0.3 is 6.61 Å². The van der Waals surface area contributed by atoms with Crippen LogP contribution in [0.4, 0.5) is 8.78 Å². The number of rotatable bonds is 5. The molecule has 114 valence electrons. The Labute approximate surface area is 120 Å². The fourth-order valence-corrected chi connectivity index (χ4v) is 2.13. The first-order chi connectivity index (χ1) is 9.97. The maximum Gasteiger partial charge on any atom is 0.387 e. The number of hydrogen-bond acceptors (Lipinski definition) is 4. The maximum absolute atomic E-state index is 12.0. The normalized spacial score (nSPS) is 19.2. The molecule has 5 nitrogen and oxygen atoms in total. The number of piperidine rings is 1. The highest BCUT2D eigenvalue weighted by atomic mass is 19.3. The second-order valence-corrected chi connectivity index (χ2v) is 4.79. The summed E-state index contributed by atoms with van der Waals surface area (Å²) < 4.78 is 28.3. The van der Waals surface area contributed by atoms with Crippen molar-refractivity contribution < 1.29 is 23.1 Å². The van der Waals surface area contributed by atoms with Crippen LogP contribution in [0.15, 0.2) is 24.3 Å². The monoisotopic (exact) mass is 298 g/mol. The lowest BCUT2D eigenvalue weighted by atomic mass is 10.0. The molecule has 1 aliphatic heterocycles. The predicted molar refractivity (Wildman–Crippen MR) is 70.7 cm³/mol. The van der Waals surface area contributed by atoms with Crippen LogP contribution in [0.3, 0.4) is 0 Å². The van der Waals surface area contributed by atoms with Crippen LogP contribution in [0.25, 0.3) is 0 Å². The lowest BCUT2D eigenvalue weighted by Gasteiger charge is -2.28. The van der Waals surface area contributed by atoms with E-state index in [4.69, 9.17) is 0 Å². The Hall–Kier alpha value is -2.02. The average molecular weight is 298 g/mol. The molecular formula is C14H16F2N2O3. The molecule has 1 aromatic carbocycles. The third kappa shape index (κ3) is 3.98. The summed E-state index contributed by atoms with van der Waals surface area (Å²) in [7, 11) is 1.47. The first kappa shape index (κ1) is 15.4. The van der Waals surface area contributed by atoms with Crippen LogP contribution in [0.2, 0.25) is 0 Å². The van der Waals surface area contributed by atoms with E-state index in [0.717, 1.165) is 10.5 Å². The number of halogens is 2. The summed E-state index contributed by atoms with van der Waals surface area (Å²) in [5.74, 6) is -0.330. The molecule has 0 saturated carbocycles. The van der Waals surface area contributed by atoms with Gasteiger partial charge in [-0.25, -0.2) is 0 Å². The van der Waals surface area contributed by atoms with Crippen molar-refractivity contribution >= 4 is 11.8 Å². The summed E-state index contributed by atoms with van der Waals surface area (Å²) in [5.41, 5.74) is 0.837. The van der Waals surface area contributed by atoms with Crippen LogP contribution in [-0.4, -0.2) is 36.4 Å². The molecule has 1 aromatic rings. The van der Waals surface area contributed by atoms with Crippen LogP contribution in [0.1, 0.15) is 18.4 Å². The zero-order valence-corrected chi connectivity index (χ0v) is 11.5. The SMILES string of the molecule is CN1C(=O)CCC(NCc2ccc(OC(F)F)cc2)C1=O. The van der Waals surface area contributed by atoms with Gasteiger partial charge in [-0.15, -0.1) is 0 Å². The van der Waals surface area contributed by atoms with Crippen molar-refractivity contribution in [3.8, 4) is 5.75 Å². The van der Waals surface area contributed by atoms with E-state index in [1.54, 1.807) is 12.1 Å². The van der Waals surface area contributed by atoms with E-state index in [2.05, 4.69) is 10.1 Å². The van der Waals surface area contributed by atoms with E-state index in [-0.39, 0.29) is 17.6 Å². The molecular weight excluding hydrogens is 282 g/mol. The quantitative estimate of drug-likeness (QED) is 0.838.